The molecule has 2 amide bonds. The number of likely N-dealkylation sites (N-methyl/N-ethyl adjacent to an activating group) is 2. The smallest absolute Gasteiger partial charge is 0.331 e. The first-order valence-corrected chi connectivity index (χ1v) is 12.7. The Morgan fingerprint density at radius 3 is 1.94 bits per heavy atom. The fourth-order valence-electron chi connectivity index (χ4n) is 5.23. The highest BCUT2D eigenvalue weighted by Crippen LogP contribution is 2.41. The molecule has 0 unspecified atom stereocenters. The molecule has 0 radical (unpaired) electrons. The van der Waals surface area contributed by atoms with Crippen molar-refractivity contribution in [2.75, 3.05) is 14.1 Å². The van der Waals surface area contributed by atoms with Gasteiger partial charge in [-0.2, -0.15) is 0 Å². The molecule has 0 heterocycles. The highest BCUT2D eigenvalue weighted by molar-refractivity contribution is 5.91. The summed E-state index contributed by atoms with van der Waals surface area (Å²) in [5, 5.41) is 15.6. The number of carboxylic acids is 1. The number of aliphatic carboxylic acids is 1. The first-order valence-electron chi connectivity index (χ1n) is 12.7. The van der Waals surface area contributed by atoms with Crippen LogP contribution in [0.3, 0.4) is 0 Å². The zero-order chi connectivity index (χ0) is 26.4. The summed E-state index contributed by atoms with van der Waals surface area (Å²) in [4.78, 5) is 40.2. The minimum Gasteiger partial charge on any atom is -0.478 e. The molecule has 0 aromatic carbocycles. The molecular formula is C27H49N3O4. The van der Waals surface area contributed by atoms with Crippen LogP contribution < -0.4 is 10.6 Å². The lowest BCUT2D eigenvalue weighted by Gasteiger charge is -2.43. The molecule has 0 bridgehead atoms. The molecule has 1 fully saturated rings. The molecule has 0 aromatic rings. The fraction of sp³-hybridized carbons (Fsp3) is 0.815. The van der Waals surface area contributed by atoms with Gasteiger partial charge in [0.2, 0.25) is 11.8 Å². The maximum Gasteiger partial charge on any atom is 0.331 e. The maximum atomic E-state index is 13.7. The number of nitrogens with one attached hydrogen (secondary N) is 2. The van der Waals surface area contributed by atoms with E-state index in [1.807, 2.05) is 41.7 Å². The van der Waals surface area contributed by atoms with E-state index in [1.54, 1.807) is 18.0 Å². The van der Waals surface area contributed by atoms with Crippen molar-refractivity contribution in [1.29, 1.82) is 0 Å². The Labute approximate surface area is 207 Å². The Morgan fingerprint density at radius 1 is 1.00 bits per heavy atom. The third-order valence-corrected chi connectivity index (χ3v) is 7.59. The molecule has 0 aromatic heterocycles. The van der Waals surface area contributed by atoms with Crippen LogP contribution >= 0.6 is 0 Å². The van der Waals surface area contributed by atoms with Crippen LogP contribution in [0.1, 0.15) is 87.5 Å². The summed E-state index contributed by atoms with van der Waals surface area (Å²) in [6.07, 6.45) is 7.50. The molecule has 0 saturated heterocycles. The second-order valence-electron chi connectivity index (χ2n) is 12.0. The molecule has 1 aliphatic carbocycles. The van der Waals surface area contributed by atoms with Crippen molar-refractivity contribution in [3.05, 3.63) is 11.6 Å². The van der Waals surface area contributed by atoms with Crippen molar-refractivity contribution in [2.24, 2.45) is 22.7 Å². The molecule has 0 aliphatic heterocycles. The molecule has 34 heavy (non-hydrogen) atoms. The summed E-state index contributed by atoms with van der Waals surface area (Å²) in [5.41, 5.74) is -0.584. The normalized spacial score (nSPS) is 18.9. The number of nitrogens with zero attached hydrogens (tertiary/aromatic N) is 1. The third-order valence-electron chi connectivity index (χ3n) is 7.59. The monoisotopic (exact) mass is 479 g/mol. The molecule has 7 heteroatoms. The highest BCUT2D eigenvalue weighted by Gasteiger charge is 2.44. The minimum atomic E-state index is -1.01. The lowest BCUT2D eigenvalue weighted by molar-refractivity contribution is -0.141. The Balaban J connectivity index is 3.21. The predicted octanol–water partition coefficient (Wildman–Crippen LogP) is 4.23. The third kappa shape index (κ3) is 7.56. The number of carbonyl (C=O) groups excluding carboxylic acids is 2. The average molecular weight is 480 g/mol. The lowest BCUT2D eigenvalue weighted by atomic mass is 9.66. The molecule has 196 valence electrons. The molecular weight excluding hydrogens is 430 g/mol. The lowest BCUT2D eigenvalue weighted by Crippen LogP contribution is -2.61. The SMILES string of the molecule is CN[C@H](C(=O)N[C@H](C(=O)N(C)[C@H](C=C(C)C(=O)O)C(C)C)C(C)(C)C)C(C)(C)C1CCCCC1. The van der Waals surface area contributed by atoms with Gasteiger partial charge in [-0.05, 0) is 49.5 Å². The first-order chi connectivity index (χ1) is 15.5. The van der Waals surface area contributed by atoms with Gasteiger partial charge in [0.15, 0.2) is 0 Å². The van der Waals surface area contributed by atoms with E-state index in [4.69, 9.17) is 0 Å². The summed E-state index contributed by atoms with van der Waals surface area (Å²) in [5.74, 6) is -0.938. The summed E-state index contributed by atoms with van der Waals surface area (Å²) in [6, 6.07) is -1.57. The van der Waals surface area contributed by atoms with Crippen LogP contribution in [0.4, 0.5) is 0 Å². The van der Waals surface area contributed by atoms with Gasteiger partial charge in [0.05, 0.1) is 12.1 Å². The van der Waals surface area contributed by atoms with E-state index >= 15 is 0 Å². The molecule has 0 spiro atoms. The maximum absolute atomic E-state index is 13.7. The van der Waals surface area contributed by atoms with E-state index in [1.165, 1.54) is 26.2 Å². The highest BCUT2D eigenvalue weighted by atomic mass is 16.4. The Morgan fingerprint density at radius 2 is 1.53 bits per heavy atom. The van der Waals surface area contributed by atoms with Crippen molar-refractivity contribution in [3.63, 3.8) is 0 Å². The van der Waals surface area contributed by atoms with Crippen molar-refractivity contribution in [3.8, 4) is 0 Å². The van der Waals surface area contributed by atoms with Gasteiger partial charge in [-0.1, -0.05) is 73.8 Å². The van der Waals surface area contributed by atoms with Gasteiger partial charge in [-0.15, -0.1) is 0 Å². The van der Waals surface area contributed by atoms with E-state index < -0.39 is 29.5 Å². The Hall–Kier alpha value is -1.89. The summed E-state index contributed by atoms with van der Waals surface area (Å²) in [7, 11) is 3.49. The first kappa shape index (κ1) is 30.1. The molecule has 1 rings (SSSR count). The van der Waals surface area contributed by atoms with E-state index in [0.717, 1.165) is 12.8 Å². The van der Waals surface area contributed by atoms with Crippen molar-refractivity contribution < 1.29 is 19.5 Å². The van der Waals surface area contributed by atoms with Gasteiger partial charge >= 0.3 is 5.97 Å². The summed E-state index contributed by atoms with van der Waals surface area (Å²) >= 11 is 0. The van der Waals surface area contributed by atoms with Crippen LogP contribution in [0, 0.1) is 22.7 Å². The number of rotatable bonds is 10. The fourth-order valence-corrected chi connectivity index (χ4v) is 5.23. The van der Waals surface area contributed by atoms with Crippen molar-refractivity contribution in [2.45, 2.75) is 106 Å². The molecule has 3 atom stereocenters. The second kappa shape index (κ2) is 12.2. The molecule has 3 N–H and O–H groups in total. The molecule has 7 nitrogen and oxygen atoms in total. The zero-order valence-electron chi connectivity index (χ0n) is 23.1. The van der Waals surface area contributed by atoms with E-state index in [-0.39, 0.29) is 28.7 Å². The van der Waals surface area contributed by atoms with Crippen LogP contribution in [0.2, 0.25) is 0 Å². The Kier molecular flexibility index (Phi) is 10.8. The predicted molar refractivity (Wildman–Crippen MR) is 137 cm³/mol. The van der Waals surface area contributed by atoms with E-state index in [0.29, 0.717) is 5.92 Å². The zero-order valence-corrected chi connectivity index (χ0v) is 23.1. The van der Waals surface area contributed by atoms with Crippen molar-refractivity contribution in [1.82, 2.24) is 15.5 Å². The van der Waals surface area contributed by atoms with Gasteiger partial charge in [-0.3, -0.25) is 9.59 Å². The molecule has 1 saturated carbocycles. The number of hydrogen-bond acceptors (Lipinski definition) is 4. The topological polar surface area (TPSA) is 98.7 Å². The van der Waals surface area contributed by atoms with Gasteiger partial charge in [0.25, 0.3) is 0 Å². The number of amides is 2. The van der Waals surface area contributed by atoms with Gasteiger partial charge in [0, 0.05) is 12.6 Å². The standard InChI is InChI=1S/C27H49N3O4/c1-17(2)20(16-18(3)25(33)34)30(10)24(32)22(26(4,5)6)29-23(31)21(28-9)27(7,8)19-14-12-11-13-15-19/h16-17,19-22,28H,11-15H2,1-10H3,(H,29,31)(H,33,34)/t20-,21-,22-/m1/s1. The van der Waals surface area contributed by atoms with Crippen LogP contribution in [0.15, 0.2) is 11.6 Å². The van der Waals surface area contributed by atoms with E-state index in [9.17, 15) is 19.5 Å². The molecule has 1 aliphatic rings. The summed E-state index contributed by atoms with van der Waals surface area (Å²) < 4.78 is 0. The Bertz CT molecular complexity index is 745. The quantitative estimate of drug-likeness (QED) is 0.407. The van der Waals surface area contributed by atoms with Crippen molar-refractivity contribution >= 4 is 17.8 Å². The number of carbonyl (C=O) groups is 3. The number of carboxylic acid groups (broad SMARTS) is 1. The number of hydrogen-bond donors (Lipinski definition) is 3. The van der Waals surface area contributed by atoms with E-state index in [2.05, 4.69) is 24.5 Å². The van der Waals surface area contributed by atoms with Gasteiger partial charge in [-0.25, -0.2) is 4.79 Å². The van der Waals surface area contributed by atoms with Crippen LogP contribution in [0.5, 0.6) is 0 Å². The van der Waals surface area contributed by atoms with Crippen LogP contribution in [-0.2, 0) is 14.4 Å². The minimum absolute atomic E-state index is 0.00913. The largest absolute Gasteiger partial charge is 0.478 e. The second-order valence-corrected chi connectivity index (χ2v) is 12.0. The van der Waals surface area contributed by atoms with Gasteiger partial charge in [0.1, 0.15) is 6.04 Å². The summed E-state index contributed by atoms with van der Waals surface area (Å²) in [6.45, 7) is 15.6. The van der Waals surface area contributed by atoms with Crippen LogP contribution in [-0.4, -0.2) is 60.0 Å². The van der Waals surface area contributed by atoms with Gasteiger partial charge < -0.3 is 20.6 Å². The van der Waals surface area contributed by atoms with Crippen LogP contribution in [0.25, 0.3) is 0 Å². The average Bonchev–Trinajstić information content (AvgIpc) is 2.74.